The third-order valence-electron chi connectivity index (χ3n) is 4.21. The fourth-order valence-corrected chi connectivity index (χ4v) is 4.24. The molecular weight excluding hydrogens is 439 g/mol. The van der Waals surface area contributed by atoms with E-state index in [1.165, 1.54) is 16.7 Å². The van der Waals surface area contributed by atoms with Gasteiger partial charge in [-0.05, 0) is 36.2 Å². The van der Waals surface area contributed by atoms with Crippen molar-refractivity contribution in [2.75, 3.05) is 12.8 Å². The number of halogens is 3. The first-order valence-electron chi connectivity index (χ1n) is 8.59. The number of hydrogen-bond acceptors (Lipinski definition) is 3. The molecule has 4 nitrogen and oxygen atoms in total. The third-order valence-corrected chi connectivity index (χ3v) is 6.13. The predicted molar refractivity (Wildman–Crippen MR) is 118 cm³/mol. The molecule has 1 atom stereocenters. The zero-order valence-electron chi connectivity index (χ0n) is 15.5. The van der Waals surface area contributed by atoms with Gasteiger partial charge >= 0.3 is 0 Å². The third kappa shape index (κ3) is 6.31. The number of nitrogens with zero attached hydrogens (tertiary/aromatic N) is 1. The average Bonchev–Trinajstić information content (AvgIpc) is 2.67. The Hall–Kier alpha value is -1.40. The molecule has 2 amide bonds. The standard InChI is InChI=1S/C20H21Cl3N2O2S/c1-13(20(27)24-2)25(10-14-7-8-16(21)9-18(14)23)19(26)12-28-11-15-5-3-4-6-17(15)22/h3-9,13H,10-12H2,1-2H3,(H,24,27)/t13-/m0/s1. The molecule has 150 valence electrons. The number of nitrogens with one attached hydrogen (secondary N) is 1. The smallest absolute Gasteiger partial charge is 0.242 e. The highest BCUT2D eigenvalue weighted by atomic mass is 35.5. The van der Waals surface area contributed by atoms with E-state index in [1.807, 2.05) is 24.3 Å². The van der Waals surface area contributed by atoms with Gasteiger partial charge in [0.2, 0.25) is 11.8 Å². The molecule has 0 aliphatic heterocycles. The highest BCUT2D eigenvalue weighted by Crippen LogP contribution is 2.25. The van der Waals surface area contributed by atoms with Crippen molar-refractivity contribution in [1.82, 2.24) is 10.2 Å². The Kier molecular flexibility index (Phi) is 8.96. The van der Waals surface area contributed by atoms with E-state index in [4.69, 9.17) is 34.8 Å². The van der Waals surface area contributed by atoms with E-state index in [0.29, 0.717) is 20.8 Å². The molecule has 0 aliphatic carbocycles. The summed E-state index contributed by atoms with van der Waals surface area (Å²) < 4.78 is 0. The SMILES string of the molecule is CNC(=O)[C@H](C)N(Cc1ccc(Cl)cc1Cl)C(=O)CSCc1ccccc1Cl. The summed E-state index contributed by atoms with van der Waals surface area (Å²) in [4.78, 5) is 26.6. The molecule has 0 spiro atoms. The Labute approximate surface area is 184 Å². The molecule has 2 aromatic carbocycles. The van der Waals surface area contributed by atoms with Gasteiger partial charge in [-0.15, -0.1) is 11.8 Å². The molecule has 0 heterocycles. The van der Waals surface area contributed by atoms with E-state index >= 15 is 0 Å². The van der Waals surface area contributed by atoms with Gasteiger partial charge in [0.05, 0.1) is 5.75 Å². The molecule has 0 bridgehead atoms. The van der Waals surface area contributed by atoms with Crippen molar-refractivity contribution in [2.24, 2.45) is 0 Å². The quantitative estimate of drug-likeness (QED) is 0.601. The molecule has 0 aliphatic rings. The van der Waals surface area contributed by atoms with Gasteiger partial charge in [-0.25, -0.2) is 0 Å². The lowest BCUT2D eigenvalue weighted by Crippen LogP contribution is -2.47. The lowest BCUT2D eigenvalue weighted by molar-refractivity contribution is -0.138. The lowest BCUT2D eigenvalue weighted by atomic mass is 10.1. The van der Waals surface area contributed by atoms with Crippen molar-refractivity contribution in [3.63, 3.8) is 0 Å². The fraction of sp³-hybridized carbons (Fsp3) is 0.300. The highest BCUT2D eigenvalue weighted by molar-refractivity contribution is 7.99. The van der Waals surface area contributed by atoms with Crippen molar-refractivity contribution < 1.29 is 9.59 Å². The van der Waals surface area contributed by atoms with Crippen LogP contribution in [0.1, 0.15) is 18.1 Å². The number of thioether (sulfide) groups is 1. The summed E-state index contributed by atoms with van der Waals surface area (Å²) in [6, 6.07) is 12.0. The van der Waals surface area contributed by atoms with Gasteiger partial charge < -0.3 is 10.2 Å². The molecule has 0 fully saturated rings. The van der Waals surface area contributed by atoms with Crippen molar-refractivity contribution in [3.8, 4) is 0 Å². The topological polar surface area (TPSA) is 49.4 Å². The molecule has 0 aromatic heterocycles. The molecule has 0 saturated heterocycles. The number of rotatable bonds is 8. The Morgan fingerprint density at radius 1 is 1.07 bits per heavy atom. The zero-order chi connectivity index (χ0) is 20.7. The largest absolute Gasteiger partial charge is 0.357 e. The van der Waals surface area contributed by atoms with Crippen molar-refractivity contribution in [2.45, 2.75) is 25.3 Å². The van der Waals surface area contributed by atoms with E-state index in [1.54, 1.807) is 32.2 Å². The van der Waals surface area contributed by atoms with Crippen LogP contribution in [0.4, 0.5) is 0 Å². The number of carbonyl (C=O) groups is 2. The zero-order valence-corrected chi connectivity index (χ0v) is 18.6. The van der Waals surface area contributed by atoms with Gasteiger partial charge in [0.15, 0.2) is 0 Å². The first-order chi connectivity index (χ1) is 13.3. The summed E-state index contributed by atoms with van der Waals surface area (Å²) >= 11 is 19.8. The van der Waals surface area contributed by atoms with Crippen molar-refractivity contribution in [1.29, 1.82) is 0 Å². The molecular formula is C20H21Cl3N2O2S. The van der Waals surface area contributed by atoms with Crippen molar-refractivity contribution in [3.05, 3.63) is 68.7 Å². The molecule has 2 rings (SSSR count). The number of carbonyl (C=O) groups excluding carboxylic acids is 2. The van der Waals surface area contributed by atoms with Crippen LogP contribution in [0.25, 0.3) is 0 Å². The second-order valence-corrected chi connectivity index (χ2v) is 8.37. The molecule has 2 aromatic rings. The predicted octanol–water partition coefficient (Wildman–Crippen LogP) is 5.04. The van der Waals surface area contributed by atoms with Crippen LogP contribution in [0.2, 0.25) is 15.1 Å². The van der Waals surface area contributed by atoms with Gasteiger partial charge in [0.25, 0.3) is 0 Å². The summed E-state index contributed by atoms with van der Waals surface area (Å²) in [6.07, 6.45) is 0. The normalized spacial score (nSPS) is 11.8. The van der Waals surface area contributed by atoms with Gasteiger partial charge in [-0.2, -0.15) is 0 Å². The van der Waals surface area contributed by atoms with E-state index in [2.05, 4.69) is 5.32 Å². The number of hydrogen-bond donors (Lipinski definition) is 1. The van der Waals surface area contributed by atoms with Crippen LogP contribution in [-0.2, 0) is 21.9 Å². The van der Waals surface area contributed by atoms with E-state index in [0.717, 1.165) is 11.1 Å². The van der Waals surface area contributed by atoms with Gasteiger partial charge in [0.1, 0.15) is 6.04 Å². The number of likely N-dealkylation sites (N-methyl/N-ethyl adjacent to an activating group) is 1. The Morgan fingerprint density at radius 2 is 1.79 bits per heavy atom. The Balaban J connectivity index is 2.10. The maximum Gasteiger partial charge on any atom is 0.242 e. The molecule has 8 heteroatoms. The van der Waals surface area contributed by atoms with Crippen LogP contribution in [-0.4, -0.2) is 35.6 Å². The van der Waals surface area contributed by atoms with E-state index in [-0.39, 0.29) is 24.1 Å². The number of amides is 2. The van der Waals surface area contributed by atoms with Crippen LogP contribution in [0.15, 0.2) is 42.5 Å². The first kappa shape index (κ1) is 22.9. The summed E-state index contributed by atoms with van der Waals surface area (Å²) in [5.74, 6) is 0.432. The van der Waals surface area contributed by atoms with Gasteiger partial charge in [-0.1, -0.05) is 59.1 Å². The van der Waals surface area contributed by atoms with E-state index in [9.17, 15) is 9.59 Å². The summed E-state index contributed by atoms with van der Waals surface area (Å²) in [5.41, 5.74) is 1.69. The van der Waals surface area contributed by atoms with Crippen LogP contribution >= 0.6 is 46.6 Å². The fourth-order valence-electron chi connectivity index (χ4n) is 2.57. The van der Waals surface area contributed by atoms with E-state index < -0.39 is 6.04 Å². The van der Waals surface area contributed by atoms with Crippen LogP contribution in [0.5, 0.6) is 0 Å². The maximum atomic E-state index is 12.9. The number of benzene rings is 2. The summed E-state index contributed by atoms with van der Waals surface area (Å²) in [7, 11) is 1.54. The van der Waals surface area contributed by atoms with Gasteiger partial charge in [-0.3, -0.25) is 9.59 Å². The Bertz CT molecular complexity index is 848. The van der Waals surface area contributed by atoms with Gasteiger partial charge in [0, 0.05) is 34.4 Å². The monoisotopic (exact) mass is 458 g/mol. The minimum atomic E-state index is -0.634. The van der Waals surface area contributed by atoms with Crippen LogP contribution in [0.3, 0.4) is 0 Å². The minimum Gasteiger partial charge on any atom is -0.357 e. The van der Waals surface area contributed by atoms with Crippen LogP contribution < -0.4 is 5.32 Å². The summed E-state index contributed by atoms with van der Waals surface area (Å²) in [5, 5.41) is 4.23. The average molecular weight is 460 g/mol. The van der Waals surface area contributed by atoms with Crippen LogP contribution in [0, 0.1) is 0 Å². The highest BCUT2D eigenvalue weighted by Gasteiger charge is 2.26. The molecule has 0 radical (unpaired) electrons. The maximum absolute atomic E-state index is 12.9. The van der Waals surface area contributed by atoms with Crippen molar-refractivity contribution >= 4 is 58.4 Å². The Morgan fingerprint density at radius 3 is 2.43 bits per heavy atom. The lowest BCUT2D eigenvalue weighted by Gasteiger charge is -2.28. The minimum absolute atomic E-state index is 0.154. The second kappa shape index (κ2) is 11.0. The first-order valence-corrected chi connectivity index (χ1v) is 10.9. The molecule has 28 heavy (non-hydrogen) atoms. The molecule has 0 unspecified atom stereocenters. The second-order valence-electron chi connectivity index (χ2n) is 6.13. The molecule has 0 saturated carbocycles. The molecule has 1 N–H and O–H groups in total. The summed E-state index contributed by atoms with van der Waals surface area (Å²) in [6.45, 7) is 1.91.